The second kappa shape index (κ2) is 9.51. The predicted molar refractivity (Wildman–Crippen MR) is 125 cm³/mol. The molecule has 0 saturated carbocycles. The van der Waals surface area contributed by atoms with Crippen LogP contribution in [0.1, 0.15) is 58.9 Å². The summed E-state index contributed by atoms with van der Waals surface area (Å²) in [6, 6.07) is 7.08. The predicted octanol–water partition coefficient (Wildman–Crippen LogP) is 2.93. The van der Waals surface area contributed by atoms with Crippen LogP contribution in [0, 0.1) is 11.3 Å². The maximum atomic E-state index is 13.1. The topological polar surface area (TPSA) is 78.0 Å². The normalized spacial score (nSPS) is 21.1. The van der Waals surface area contributed by atoms with Crippen LogP contribution in [0.25, 0.3) is 0 Å². The Morgan fingerprint density at radius 3 is 2.06 bits per heavy atom. The number of likely N-dealkylation sites (tertiary alicyclic amines) is 1. The van der Waals surface area contributed by atoms with Gasteiger partial charge < -0.3 is 9.80 Å². The van der Waals surface area contributed by atoms with E-state index in [9.17, 15) is 18.0 Å². The standard InChI is InChI=1S/C24H37N3O4S/c1-18(2)19-8-10-21(11-9-19)32(30,31)27-15-13-25(14-16-27)22(28)20-7-6-12-26(17-20)23(29)24(3,4)5/h8-11,18,20H,6-7,12-17H2,1-5H3. The van der Waals surface area contributed by atoms with Crippen molar-refractivity contribution in [3.8, 4) is 0 Å². The second-order valence-electron chi connectivity index (χ2n) is 10.3. The van der Waals surface area contributed by atoms with E-state index in [0.717, 1.165) is 18.4 Å². The molecule has 0 aliphatic carbocycles. The van der Waals surface area contributed by atoms with E-state index in [1.54, 1.807) is 17.0 Å². The summed E-state index contributed by atoms with van der Waals surface area (Å²) in [4.78, 5) is 29.6. The number of rotatable bonds is 4. The number of carbonyl (C=O) groups is 2. The minimum absolute atomic E-state index is 0.0368. The van der Waals surface area contributed by atoms with E-state index in [-0.39, 0.29) is 30.8 Å². The lowest BCUT2D eigenvalue weighted by atomic mass is 9.90. The fraction of sp³-hybridized carbons (Fsp3) is 0.667. The first kappa shape index (κ1) is 24.7. The fourth-order valence-electron chi connectivity index (χ4n) is 4.42. The maximum Gasteiger partial charge on any atom is 0.243 e. The minimum Gasteiger partial charge on any atom is -0.341 e. The summed E-state index contributed by atoms with van der Waals surface area (Å²) in [5, 5.41) is 0. The molecule has 2 aliphatic heterocycles. The van der Waals surface area contributed by atoms with Gasteiger partial charge in [-0.1, -0.05) is 46.8 Å². The van der Waals surface area contributed by atoms with Crippen molar-refractivity contribution in [2.24, 2.45) is 11.3 Å². The van der Waals surface area contributed by atoms with Gasteiger partial charge in [-0.3, -0.25) is 9.59 Å². The molecule has 2 fully saturated rings. The maximum absolute atomic E-state index is 13.1. The van der Waals surface area contributed by atoms with Crippen molar-refractivity contribution in [2.45, 2.75) is 58.3 Å². The molecule has 0 aromatic heterocycles. The third-order valence-corrected chi connectivity index (χ3v) is 8.35. The van der Waals surface area contributed by atoms with Crippen molar-refractivity contribution in [1.29, 1.82) is 0 Å². The molecule has 0 radical (unpaired) electrons. The van der Waals surface area contributed by atoms with Gasteiger partial charge in [0.2, 0.25) is 21.8 Å². The molecule has 0 N–H and O–H groups in total. The van der Waals surface area contributed by atoms with Gasteiger partial charge in [0, 0.05) is 44.7 Å². The molecule has 2 saturated heterocycles. The van der Waals surface area contributed by atoms with Gasteiger partial charge in [-0.2, -0.15) is 4.31 Å². The number of hydrogen-bond donors (Lipinski definition) is 0. The number of piperidine rings is 1. The molecular formula is C24H37N3O4S. The molecule has 3 rings (SSSR count). The first-order chi connectivity index (χ1) is 14.9. The molecule has 2 heterocycles. The highest BCUT2D eigenvalue weighted by Gasteiger charge is 2.37. The lowest BCUT2D eigenvalue weighted by molar-refractivity contribution is -0.145. The van der Waals surface area contributed by atoms with Gasteiger partial charge in [-0.15, -0.1) is 0 Å². The van der Waals surface area contributed by atoms with Crippen LogP contribution in [0.5, 0.6) is 0 Å². The molecule has 8 heteroatoms. The third-order valence-electron chi connectivity index (χ3n) is 6.43. The van der Waals surface area contributed by atoms with Gasteiger partial charge in [0.1, 0.15) is 0 Å². The molecule has 7 nitrogen and oxygen atoms in total. The number of nitrogens with zero attached hydrogens (tertiary/aromatic N) is 3. The lowest BCUT2D eigenvalue weighted by Crippen LogP contribution is -2.54. The molecule has 1 atom stereocenters. The average molecular weight is 464 g/mol. The summed E-state index contributed by atoms with van der Waals surface area (Å²) in [7, 11) is -3.57. The smallest absolute Gasteiger partial charge is 0.243 e. The second-order valence-corrected chi connectivity index (χ2v) is 12.2. The largest absolute Gasteiger partial charge is 0.341 e. The molecule has 178 valence electrons. The SMILES string of the molecule is CC(C)c1ccc(S(=O)(=O)N2CCN(C(=O)C3CCCN(C(=O)C(C)(C)C)C3)CC2)cc1. The van der Waals surface area contributed by atoms with Gasteiger partial charge in [-0.25, -0.2) is 8.42 Å². The van der Waals surface area contributed by atoms with Crippen LogP contribution in [0.15, 0.2) is 29.2 Å². The van der Waals surface area contributed by atoms with Gasteiger partial charge in [0.05, 0.1) is 10.8 Å². The summed E-state index contributed by atoms with van der Waals surface area (Å²) in [6.07, 6.45) is 1.59. The zero-order valence-corrected chi connectivity index (χ0v) is 20.8. The van der Waals surface area contributed by atoms with Crippen LogP contribution < -0.4 is 0 Å². The molecule has 1 unspecified atom stereocenters. The van der Waals surface area contributed by atoms with E-state index >= 15 is 0 Å². The molecule has 0 bridgehead atoms. The summed E-state index contributed by atoms with van der Waals surface area (Å²) >= 11 is 0. The van der Waals surface area contributed by atoms with Crippen molar-refractivity contribution < 1.29 is 18.0 Å². The first-order valence-electron chi connectivity index (χ1n) is 11.6. The monoisotopic (exact) mass is 463 g/mol. The highest BCUT2D eigenvalue weighted by atomic mass is 32.2. The van der Waals surface area contributed by atoms with Crippen molar-refractivity contribution in [1.82, 2.24) is 14.1 Å². The van der Waals surface area contributed by atoms with Crippen molar-refractivity contribution >= 4 is 21.8 Å². The molecule has 0 spiro atoms. The fourth-order valence-corrected chi connectivity index (χ4v) is 5.84. The number of carbonyl (C=O) groups excluding carboxylic acids is 2. The van der Waals surface area contributed by atoms with E-state index in [0.29, 0.717) is 37.0 Å². The number of piperazine rings is 1. The van der Waals surface area contributed by atoms with Crippen molar-refractivity contribution in [3.05, 3.63) is 29.8 Å². The van der Waals surface area contributed by atoms with E-state index in [1.165, 1.54) is 4.31 Å². The Kier molecular flexibility index (Phi) is 7.34. The Balaban J connectivity index is 1.60. The Labute approximate surface area is 192 Å². The highest BCUT2D eigenvalue weighted by molar-refractivity contribution is 7.89. The Bertz CT molecular complexity index is 927. The Hall–Kier alpha value is -1.93. The Morgan fingerprint density at radius 2 is 1.53 bits per heavy atom. The zero-order chi connectivity index (χ0) is 23.7. The molecule has 1 aromatic rings. The quantitative estimate of drug-likeness (QED) is 0.688. The lowest BCUT2D eigenvalue weighted by Gasteiger charge is -2.40. The van der Waals surface area contributed by atoms with Crippen LogP contribution >= 0.6 is 0 Å². The highest BCUT2D eigenvalue weighted by Crippen LogP contribution is 2.26. The average Bonchev–Trinajstić information content (AvgIpc) is 2.77. The third kappa shape index (κ3) is 5.34. The molecule has 2 amide bonds. The van der Waals surface area contributed by atoms with Crippen LogP contribution in [0.4, 0.5) is 0 Å². The van der Waals surface area contributed by atoms with E-state index < -0.39 is 15.4 Å². The van der Waals surface area contributed by atoms with Crippen LogP contribution in [0.2, 0.25) is 0 Å². The number of sulfonamides is 1. The Morgan fingerprint density at radius 1 is 0.938 bits per heavy atom. The number of amides is 2. The molecule has 32 heavy (non-hydrogen) atoms. The molecule has 2 aliphatic rings. The first-order valence-corrected chi connectivity index (χ1v) is 13.0. The van der Waals surface area contributed by atoms with Gasteiger partial charge in [-0.05, 0) is 36.5 Å². The summed E-state index contributed by atoms with van der Waals surface area (Å²) in [5.41, 5.74) is 0.643. The van der Waals surface area contributed by atoms with Crippen LogP contribution in [-0.2, 0) is 19.6 Å². The van der Waals surface area contributed by atoms with Crippen molar-refractivity contribution in [2.75, 3.05) is 39.3 Å². The van der Waals surface area contributed by atoms with Gasteiger partial charge >= 0.3 is 0 Å². The summed E-state index contributed by atoms with van der Waals surface area (Å²) < 4.78 is 27.5. The zero-order valence-electron chi connectivity index (χ0n) is 20.0. The van der Waals surface area contributed by atoms with Gasteiger partial charge in [0.15, 0.2) is 0 Å². The van der Waals surface area contributed by atoms with E-state index in [1.807, 2.05) is 37.8 Å². The summed E-state index contributed by atoms with van der Waals surface area (Å²) in [6.45, 7) is 12.3. The van der Waals surface area contributed by atoms with E-state index in [2.05, 4.69) is 13.8 Å². The molecule has 1 aromatic carbocycles. The van der Waals surface area contributed by atoms with Crippen LogP contribution in [-0.4, -0.2) is 73.6 Å². The van der Waals surface area contributed by atoms with Crippen molar-refractivity contribution in [3.63, 3.8) is 0 Å². The van der Waals surface area contributed by atoms with E-state index in [4.69, 9.17) is 0 Å². The minimum atomic E-state index is -3.57. The molecular weight excluding hydrogens is 426 g/mol. The van der Waals surface area contributed by atoms with Crippen LogP contribution in [0.3, 0.4) is 0 Å². The van der Waals surface area contributed by atoms with Gasteiger partial charge in [0.25, 0.3) is 0 Å². The number of benzene rings is 1. The summed E-state index contributed by atoms with van der Waals surface area (Å²) in [5.74, 6) is 0.252. The number of hydrogen-bond acceptors (Lipinski definition) is 4.